The molecule has 1 aromatic heterocycles. The van der Waals surface area contributed by atoms with Crippen LogP contribution in [0, 0.1) is 5.82 Å². The molecular formula is C22H23FN4OS. The van der Waals surface area contributed by atoms with Crippen molar-refractivity contribution >= 4 is 17.5 Å². The molecule has 0 aliphatic carbocycles. The molecule has 0 amide bonds. The Morgan fingerprint density at radius 2 is 1.76 bits per heavy atom. The molecule has 0 spiro atoms. The van der Waals surface area contributed by atoms with Crippen LogP contribution in [-0.2, 0) is 6.54 Å². The monoisotopic (exact) mass is 410 g/mol. The predicted molar refractivity (Wildman–Crippen MR) is 112 cm³/mol. The molecule has 1 atom stereocenters. The van der Waals surface area contributed by atoms with E-state index in [9.17, 15) is 9.18 Å². The summed E-state index contributed by atoms with van der Waals surface area (Å²) in [6, 6.07) is 15.6. The van der Waals surface area contributed by atoms with Crippen molar-refractivity contribution in [2.75, 3.05) is 13.1 Å². The first-order chi connectivity index (χ1) is 14.1. The van der Waals surface area contributed by atoms with Gasteiger partial charge in [0.2, 0.25) is 0 Å². The highest BCUT2D eigenvalue weighted by Gasteiger charge is 2.23. The lowest BCUT2D eigenvalue weighted by Crippen LogP contribution is -2.21. The van der Waals surface area contributed by atoms with Crippen LogP contribution in [-0.4, -0.2) is 43.8 Å². The Labute approximate surface area is 173 Å². The van der Waals surface area contributed by atoms with Crippen molar-refractivity contribution in [1.82, 2.24) is 19.7 Å². The fourth-order valence-electron chi connectivity index (χ4n) is 3.52. The summed E-state index contributed by atoms with van der Waals surface area (Å²) in [6.45, 7) is 4.73. The number of nitrogens with zero attached hydrogens (tertiary/aromatic N) is 4. The molecule has 0 bridgehead atoms. The zero-order valence-corrected chi connectivity index (χ0v) is 17.1. The molecule has 4 rings (SSSR count). The Morgan fingerprint density at radius 1 is 1.07 bits per heavy atom. The lowest BCUT2D eigenvalue weighted by atomic mass is 10.1. The minimum absolute atomic E-state index is 0.0568. The second-order valence-corrected chi connectivity index (χ2v) is 8.49. The number of Topliss-reactive ketones (excluding diaryl/α,β-unsaturated/α-hetero) is 1. The normalized spacial score (nSPS) is 15.5. The average molecular weight is 411 g/mol. The van der Waals surface area contributed by atoms with Gasteiger partial charge in [-0.25, -0.2) is 4.39 Å². The molecule has 1 saturated heterocycles. The number of thioether (sulfide) groups is 1. The van der Waals surface area contributed by atoms with Gasteiger partial charge in [0.15, 0.2) is 16.8 Å². The van der Waals surface area contributed by atoms with Gasteiger partial charge in [-0.2, -0.15) is 0 Å². The summed E-state index contributed by atoms with van der Waals surface area (Å²) in [6.07, 6.45) is 2.43. The summed E-state index contributed by atoms with van der Waals surface area (Å²) < 4.78 is 15.2. The van der Waals surface area contributed by atoms with Gasteiger partial charge >= 0.3 is 0 Å². The SMILES string of the molecule is CC(Sc1nnc(CN2CCCC2)n1-c1ccccc1)C(=O)c1ccc(F)cc1. The number of aromatic nitrogens is 3. The van der Waals surface area contributed by atoms with Gasteiger partial charge in [-0.05, 0) is 69.3 Å². The Morgan fingerprint density at radius 3 is 2.45 bits per heavy atom. The van der Waals surface area contributed by atoms with Crippen molar-refractivity contribution < 1.29 is 9.18 Å². The van der Waals surface area contributed by atoms with Gasteiger partial charge in [-0.3, -0.25) is 14.3 Å². The van der Waals surface area contributed by atoms with Crippen molar-refractivity contribution in [1.29, 1.82) is 0 Å². The number of halogens is 1. The Balaban J connectivity index is 1.60. The Hall–Kier alpha value is -2.51. The quantitative estimate of drug-likeness (QED) is 0.428. The molecule has 5 nitrogen and oxygen atoms in total. The number of para-hydroxylation sites is 1. The van der Waals surface area contributed by atoms with E-state index >= 15 is 0 Å². The van der Waals surface area contributed by atoms with Crippen molar-refractivity contribution in [2.45, 2.75) is 36.7 Å². The molecule has 1 unspecified atom stereocenters. The van der Waals surface area contributed by atoms with E-state index in [1.807, 2.05) is 41.8 Å². The molecule has 0 radical (unpaired) electrons. The topological polar surface area (TPSA) is 51.0 Å². The maximum Gasteiger partial charge on any atom is 0.196 e. The van der Waals surface area contributed by atoms with Crippen molar-refractivity contribution in [3.05, 3.63) is 71.8 Å². The number of ketones is 1. The molecule has 3 aromatic rings. The first kappa shape index (κ1) is 19.8. The first-order valence-electron chi connectivity index (χ1n) is 9.80. The van der Waals surface area contributed by atoms with E-state index in [0.29, 0.717) is 10.7 Å². The largest absolute Gasteiger partial charge is 0.296 e. The first-order valence-corrected chi connectivity index (χ1v) is 10.7. The van der Waals surface area contributed by atoms with Crippen molar-refractivity contribution in [3.8, 4) is 5.69 Å². The maximum absolute atomic E-state index is 13.2. The van der Waals surface area contributed by atoms with Crippen LogP contribution in [0.1, 0.15) is 35.9 Å². The van der Waals surface area contributed by atoms with E-state index in [1.54, 1.807) is 0 Å². The van der Waals surface area contributed by atoms with E-state index < -0.39 is 0 Å². The van der Waals surface area contributed by atoms with Gasteiger partial charge in [0.25, 0.3) is 0 Å². The standard InChI is InChI=1S/C22H23FN4OS/c1-16(21(28)17-9-11-18(23)12-10-17)29-22-25-24-20(15-26-13-5-6-14-26)27(22)19-7-3-2-4-8-19/h2-4,7-12,16H,5-6,13-15H2,1H3. The smallest absolute Gasteiger partial charge is 0.196 e. The van der Waals surface area contributed by atoms with Crippen LogP contribution < -0.4 is 0 Å². The maximum atomic E-state index is 13.2. The van der Waals surface area contributed by atoms with Gasteiger partial charge in [0.1, 0.15) is 5.82 Å². The molecular weight excluding hydrogens is 387 g/mol. The number of hydrogen-bond acceptors (Lipinski definition) is 5. The molecule has 0 saturated carbocycles. The number of rotatable bonds is 7. The molecule has 150 valence electrons. The summed E-state index contributed by atoms with van der Waals surface area (Å²) in [7, 11) is 0. The lowest BCUT2D eigenvalue weighted by molar-refractivity contribution is 0.0994. The zero-order valence-electron chi connectivity index (χ0n) is 16.3. The van der Waals surface area contributed by atoms with E-state index in [1.165, 1.54) is 48.9 Å². The van der Waals surface area contributed by atoms with Gasteiger partial charge in [-0.1, -0.05) is 30.0 Å². The molecule has 2 heterocycles. The highest BCUT2D eigenvalue weighted by Crippen LogP contribution is 2.28. The number of carbonyl (C=O) groups excluding carboxylic acids is 1. The fraction of sp³-hybridized carbons (Fsp3) is 0.318. The van der Waals surface area contributed by atoms with Gasteiger partial charge in [0.05, 0.1) is 11.8 Å². The second kappa shape index (κ2) is 8.88. The van der Waals surface area contributed by atoms with E-state index in [4.69, 9.17) is 0 Å². The highest BCUT2D eigenvalue weighted by molar-refractivity contribution is 8.00. The highest BCUT2D eigenvalue weighted by atomic mass is 32.2. The van der Waals surface area contributed by atoms with Crippen LogP contribution in [0.15, 0.2) is 59.8 Å². The fourth-order valence-corrected chi connectivity index (χ4v) is 4.48. The third-order valence-electron chi connectivity index (χ3n) is 5.06. The number of likely N-dealkylation sites (tertiary alicyclic amines) is 1. The van der Waals surface area contributed by atoms with Crippen LogP contribution in [0.2, 0.25) is 0 Å². The molecule has 1 aliphatic rings. The van der Waals surface area contributed by atoms with Crippen LogP contribution in [0.3, 0.4) is 0 Å². The summed E-state index contributed by atoms with van der Waals surface area (Å²) >= 11 is 1.38. The molecule has 2 aromatic carbocycles. The minimum atomic E-state index is -0.369. The van der Waals surface area contributed by atoms with E-state index in [-0.39, 0.29) is 16.9 Å². The number of hydrogen-bond donors (Lipinski definition) is 0. The lowest BCUT2D eigenvalue weighted by Gasteiger charge is -2.16. The predicted octanol–water partition coefficient (Wildman–Crippen LogP) is 4.37. The summed E-state index contributed by atoms with van der Waals surface area (Å²) in [5, 5.41) is 9.16. The minimum Gasteiger partial charge on any atom is -0.296 e. The number of benzene rings is 2. The third-order valence-corrected chi connectivity index (χ3v) is 6.10. The summed E-state index contributed by atoms with van der Waals surface area (Å²) in [5.41, 5.74) is 1.48. The van der Waals surface area contributed by atoms with Gasteiger partial charge < -0.3 is 0 Å². The van der Waals surface area contributed by atoms with Crippen molar-refractivity contribution in [3.63, 3.8) is 0 Å². The van der Waals surface area contributed by atoms with Crippen LogP contribution in [0.4, 0.5) is 4.39 Å². The molecule has 1 fully saturated rings. The molecule has 7 heteroatoms. The molecule has 1 aliphatic heterocycles. The summed E-state index contributed by atoms with van der Waals surface area (Å²) in [5.74, 6) is 0.470. The Kier molecular flexibility index (Phi) is 6.06. The van der Waals surface area contributed by atoms with Gasteiger partial charge in [0, 0.05) is 11.3 Å². The summed E-state index contributed by atoms with van der Waals surface area (Å²) in [4.78, 5) is 15.2. The van der Waals surface area contributed by atoms with E-state index in [2.05, 4.69) is 15.1 Å². The van der Waals surface area contributed by atoms with Crippen molar-refractivity contribution in [2.24, 2.45) is 0 Å². The average Bonchev–Trinajstić information content (AvgIpc) is 3.39. The van der Waals surface area contributed by atoms with E-state index in [0.717, 1.165) is 31.1 Å². The zero-order chi connectivity index (χ0) is 20.2. The molecule has 29 heavy (non-hydrogen) atoms. The van der Waals surface area contributed by atoms with Crippen LogP contribution in [0.25, 0.3) is 5.69 Å². The Bertz CT molecular complexity index is 968. The van der Waals surface area contributed by atoms with Crippen LogP contribution in [0.5, 0.6) is 0 Å². The van der Waals surface area contributed by atoms with Crippen LogP contribution >= 0.6 is 11.8 Å². The van der Waals surface area contributed by atoms with Gasteiger partial charge in [-0.15, -0.1) is 10.2 Å². The number of carbonyl (C=O) groups is 1. The molecule has 0 N–H and O–H groups in total. The third kappa shape index (κ3) is 4.57. The second-order valence-electron chi connectivity index (χ2n) is 7.18.